The fraction of sp³-hybridized carbons (Fsp3) is 0.333. The first-order valence-electron chi connectivity index (χ1n) is 8.72. The van der Waals surface area contributed by atoms with Crippen LogP contribution in [0.15, 0.2) is 36.4 Å². The SMILES string of the molecule is COc1ccc(CC(=O)O)cc1Oc1ccc(C(N)=O)cc1CSC(C)(C)C. The number of benzene rings is 2. The fourth-order valence-corrected chi connectivity index (χ4v) is 3.26. The van der Waals surface area contributed by atoms with Crippen molar-refractivity contribution >= 4 is 23.6 Å². The van der Waals surface area contributed by atoms with Crippen LogP contribution in [0.4, 0.5) is 0 Å². The lowest BCUT2D eigenvalue weighted by Gasteiger charge is -2.20. The number of primary amides is 1. The van der Waals surface area contributed by atoms with Crippen LogP contribution in [0.3, 0.4) is 0 Å². The standard InChI is InChI=1S/C21H25NO5S/c1-21(2,3)28-12-15-11-14(20(22)25)6-8-16(15)27-18-9-13(10-19(23)24)5-7-17(18)26-4/h5-9,11H,10,12H2,1-4H3,(H2,22,25)(H,23,24). The van der Waals surface area contributed by atoms with E-state index in [9.17, 15) is 9.59 Å². The molecule has 0 atom stereocenters. The van der Waals surface area contributed by atoms with Gasteiger partial charge in [0.15, 0.2) is 11.5 Å². The second-order valence-corrected chi connectivity index (χ2v) is 9.05. The van der Waals surface area contributed by atoms with Crippen LogP contribution in [0.25, 0.3) is 0 Å². The molecular weight excluding hydrogens is 378 g/mol. The maximum Gasteiger partial charge on any atom is 0.307 e. The number of carboxylic acid groups (broad SMARTS) is 1. The summed E-state index contributed by atoms with van der Waals surface area (Å²) in [6, 6.07) is 10.0. The Balaban J connectivity index is 2.41. The van der Waals surface area contributed by atoms with Gasteiger partial charge in [-0.05, 0) is 35.9 Å². The number of carbonyl (C=O) groups excluding carboxylic acids is 1. The number of ether oxygens (including phenoxy) is 2. The number of rotatable bonds is 8. The van der Waals surface area contributed by atoms with Crippen LogP contribution in [0, 0.1) is 0 Å². The Morgan fingerprint density at radius 2 is 1.75 bits per heavy atom. The monoisotopic (exact) mass is 403 g/mol. The molecule has 0 heterocycles. The number of thioether (sulfide) groups is 1. The van der Waals surface area contributed by atoms with E-state index >= 15 is 0 Å². The molecule has 1 amide bonds. The predicted molar refractivity (Wildman–Crippen MR) is 110 cm³/mol. The van der Waals surface area contributed by atoms with Crippen molar-refractivity contribution in [3.8, 4) is 17.2 Å². The number of nitrogens with two attached hydrogens (primary N) is 1. The molecule has 0 saturated heterocycles. The average molecular weight is 404 g/mol. The highest BCUT2D eigenvalue weighted by Crippen LogP contribution is 2.37. The van der Waals surface area contributed by atoms with Crippen LogP contribution >= 0.6 is 11.8 Å². The minimum atomic E-state index is -0.927. The number of carbonyl (C=O) groups is 2. The lowest BCUT2D eigenvalue weighted by atomic mass is 10.1. The molecular formula is C21H25NO5S. The summed E-state index contributed by atoms with van der Waals surface area (Å²) in [5, 5.41) is 9.03. The molecule has 0 radical (unpaired) electrons. The summed E-state index contributed by atoms with van der Waals surface area (Å²) in [7, 11) is 1.52. The first-order valence-corrected chi connectivity index (χ1v) is 9.71. The van der Waals surface area contributed by atoms with Crippen molar-refractivity contribution in [3.05, 3.63) is 53.1 Å². The highest BCUT2D eigenvalue weighted by molar-refractivity contribution is 7.99. The molecule has 0 aliphatic heterocycles. The van der Waals surface area contributed by atoms with E-state index in [0.717, 1.165) is 5.56 Å². The Kier molecular flexibility index (Phi) is 6.96. The minimum Gasteiger partial charge on any atom is -0.493 e. The van der Waals surface area contributed by atoms with Crippen LogP contribution in [0.2, 0.25) is 0 Å². The number of methoxy groups -OCH3 is 1. The van der Waals surface area contributed by atoms with Crippen LogP contribution in [0.5, 0.6) is 17.2 Å². The topological polar surface area (TPSA) is 98.8 Å². The molecule has 150 valence electrons. The molecule has 2 aromatic carbocycles. The predicted octanol–water partition coefficient (Wildman–Crippen LogP) is 4.25. The van der Waals surface area contributed by atoms with Crippen molar-refractivity contribution in [2.24, 2.45) is 5.73 Å². The molecule has 7 heteroatoms. The summed E-state index contributed by atoms with van der Waals surface area (Å²) >= 11 is 1.71. The maximum atomic E-state index is 11.6. The Morgan fingerprint density at radius 1 is 1.07 bits per heavy atom. The molecule has 0 unspecified atom stereocenters. The average Bonchev–Trinajstić information content (AvgIpc) is 2.59. The van der Waals surface area contributed by atoms with Crippen molar-refractivity contribution in [1.29, 1.82) is 0 Å². The molecule has 6 nitrogen and oxygen atoms in total. The summed E-state index contributed by atoms with van der Waals surface area (Å²) in [6.45, 7) is 6.32. The molecule has 2 aromatic rings. The number of hydrogen-bond donors (Lipinski definition) is 2. The van der Waals surface area contributed by atoms with E-state index in [2.05, 4.69) is 20.8 Å². The smallest absolute Gasteiger partial charge is 0.307 e. The lowest BCUT2D eigenvalue weighted by molar-refractivity contribution is -0.136. The van der Waals surface area contributed by atoms with Gasteiger partial charge in [0.1, 0.15) is 5.75 Å². The largest absolute Gasteiger partial charge is 0.493 e. The molecule has 28 heavy (non-hydrogen) atoms. The Hall–Kier alpha value is -2.67. The van der Waals surface area contributed by atoms with Gasteiger partial charge in [0, 0.05) is 21.6 Å². The summed E-state index contributed by atoms with van der Waals surface area (Å²) in [5.41, 5.74) is 7.24. The van der Waals surface area contributed by atoms with E-state index in [1.165, 1.54) is 7.11 Å². The molecule has 0 aliphatic carbocycles. The molecule has 0 bridgehead atoms. The van der Waals surface area contributed by atoms with E-state index in [1.54, 1.807) is 48.2 Å². The van der Waals surface area contributed by atoms with Crippen molar-refractivity contribution in [1.82, 2.24) is 0 Å². The summed E-state index contributed by atoms with van der Waals surface area (Å²) in [5.74, 6) is 0.654. The Labute approximate surface area is 169 Å². The zero-order valence-electron chi connectivity index (χ0n) is 16.4. The second kappa shape index (κ2) is 9.01. The van der Waals surface area contributed by atoms with Crippen LogP contribution < -0.4 is 15.2 Å². The Bertz CT molecular complexity index is 874. The first kappa shape index (κ1) is 21.6. The summed E-state index contributed by atoms with van der Waals surface area (Å²) < 4.78 is 11.4. The normalized spacial score (nSPS) is 11.1. The first-order chi connectivity index (χ1) is 13.1. The van der Waals surface area contributed by atoms with Crippen LogP contribution in [-0.4, -0.2) is 28.8 Å². The molecule has 3 N–H and O–H groups in total. The fourth-order valence-electron chi connectivity index (χ4n) is 2.44. The zero-order valence-corrected chi connectivity index (χ0v) is 17.3. The van der Waals surface area contributed by atoms with Gasteiger partial charge in [0.2, 0.25) is 5.91 Å². The van der Waals surface area contributed by atoms with Crippen molar-refractivity contribution in [2.45, 2.75) is 37.7 Å². The number of hydrogen-bond acceptors (Lipinski definition) is 5. The van der Waals surface area contributed by atoms with Crippen molar-refractivity contribution in [2.75, 3.05) is 7.11 Å². The third kappa shape index (κ3) is 6.20. The van der Waals surface area contributed by atoms with Crippen molar-refractivity contribution < 1.29 is 24.2 Å². The molecule has 0 spiro atoms. The summed E-state index contributed by atoms with van der Waals surface area (Å²) in [6.07, 6.45) is -0.117. The molecule has 0 aliphatic rings. The van der Waals surface area contributed by atoms with Gasteiger partial charge in [-0.2, -0.15) is 11.8 Å². The lowest BCUT2D eigenvalue weighted by Crippen LogP contribution is -2.12. The number of amides is 1. The number of carboxylic acids is 1. The number of aliphatic carboxylic acids is 1. The molecule has 0 saturated carbocycles. The van der Waals surface area contributed by atoms with E-state index in [-0.39, 0.29) is 11.2 Å². The van der Waals surface area contributed by atoms with Gasteiger partial charge in [0.25, 0.3) is 0 Å². The van der Waals surface area contributed by atoms with Crippen LogP contribution in [-0.2, 0) is 17.0 Å². The quantitative estimate of drug-likeness (QED) is 0.684. The van der Waals surface area contributed by atoms with E-state index < -0.39 is 11.9 Å². The molecule has 2 rings (SSSR count). The second-order valence-electron chi connectivity index (χ2n) is 7.25. The van der Waals surface area contributed by atoms with Gasteiger partial charge in [-0.1, -0.05) is 26.8 Å². The van der Waals surface area contributed by atoms with Gasteiger partial charge < -0.3 is 20.3 Å². The van der Waals surface area contributed by atoms with E-state index in [4.69, 9.17) is 20.3 Å². The Morgan fingerprint density at radius 3 is 2.32 bits per heavy atom. The maximum absolute atomic E-state index is 11.6. The highest BCUT2D eigenvalue weighted by atomic mass is 32.2. The van der Waals surface area contributed by atoms with Crippen molar-refractivity contribution in [3.63, 3.8) is 0 Å². The van der Waals surface area contributed by atoms with Gasteiger partial charge in [0.05, 0.1) is 13.5 Å². The highest BCUT2D eigenvalue weighted by Gasteiger charge is 2.17. The van der Waals surface area contributed by atoms with Gasteiger partial charge >= 0.3 is 5.97 Å². The van der Waals surface area contributed by atoms with E-state index in [1.807, 2.05) is 0 Å². The van der Waals surface area contributed by atoms with Gasteiger partial charge in [-0.15, -0.1) is 0 Å². The van der Waals surface area contributed by atoms with E-state index in [0.29, 0.717) is 34.1 Å². The molecule has 0 fully saturated rings. The third-order valence-electron chi connectivity index (χ3n) is 3.81. The van der Waals surface area contributed by atoms with Gasteiger partial charge in [-0.25, -0.2) is 0 Å². The minimum absolute atomic E-state index is 0.0269. The third-order valence-corrected chi connectivity index (χ3v) is 5.13. The zero-order chi connectivity index (χ0) is 20.9. The van der Waals surface area contributed by atoms with Gasteiger partial charge in [-0.3, -0.25) is 9.59 Å². The molecule has 0 aromatic heterocycles. The van der Waals surface area contributed by atoms with Crippen LogP contribution in [0.1, 0.15) is 42.3 Å². The summed E-state index contributed by atoms with van der Waals surface area (Å²) in [4.78, 5) is 22.6.